The van der Waals surface area contributed by atoms with Crippen LogP contribution in [0.4, 0.5) is 0 Å². The fourth-order valence-electron chi connectivity index (χ4n) is 2.78. The Morgan fingerprint density at radius 2 is 2.08 bits per heavy atom. The SMILES string of the molecule is Cc1csc(=O)n1CCCC(=O)N(C)Cc1nc2ccccc2c(=O)[nH]1. The maximum atomic E-state index is 12.3. The molecule has 0 bridgehead atoms. The summed E-state index contributed by atoms with van der Waals surface area (Å²) in [7, 11) is 1.68. The molecule has 0 atom stereocenters. The van der Waals surface area contributed by atoms with E-state index in [-0.39, 0.29) is 22.9 Å². The average Bonchev–Trinajstić information content (AvgIpc) is 2.93. The van der Waals surface area contributed by atoms with Crippen LogP contribution >= 0.6 is 11.3 Å². The molecule has 7 nitrogen and oxygen atoms in total. The van der Waals surface area contributed by atoms with Gasteiger partial charge < -0.3 is 14.5 Å². The van der Waals surface area contributed by atoms with Crippen molar-refractivity contribution >= 4 is 28.1 Å². The van der Waals surface area contributed by atoms with Crippen LogP contribution in [0.25, 0.3) is 10.9 Å². The second-order valence-electron chi connectivity index (χ2n) is 6.18. The van der Waals surface area contributed by atoms with Gasteiger partial charge in [0.1, 0.15) is 5.82 Å². The van der Waals surface area contributed by atoms with Crippen molar-refractivity contribution in [2.45, 2.75) is 32.9 Å². The first-order valence-electron chi connectivity index (χ1n) is 8.32. The second kappa shape index (κ2) is 7.65. The molecule has 26 heavy (non-hydrogen) atoms. The fourth-order valence-corrected chi connectivity index (χ4v) is 3.54. The van der Waals surface area contributed by atoms with Crippen molar-refractivity contribution in [1.82, 2.24) is 19.4 Å². The molecule has 0 radical (unpaired) electrons. The molecule has 0 aliphatic rings. The molecule has 0 fully saturated rings. The number of benzene rings is 1. The van der Waals surface area contributed by atoms with Gasteiger partial charge >= 0.3 is 4.87 Å². The van der Waals surface area contributed by atoms with Crippen molar-refractivity contribution in [3.8, 4) is 0 Å². The van der Waals surface area contributed by atoms with Gasteiger partial charge in [0.05, 0.1) is 17.4 Å². The van der Waals surface area contributed by atoms with Crippen LogP contribution in [-0.4, -0.2) is 32.4 Å². The number of thiazole rings is 1. The lowest BCUT2D eigenvalue weighted by Gasteiger charge is -2.17. The lowest BCUT2D eigenvalue weighted by Crippen LogP contribution is -2.28. The van der Waals surface area contributed by atoms with Crippen LogP contribution in [0, 0.1) is 6.92 Å². The zero-order valence-electron chi connectivity index (χ0n) is 14.7. The van der Waals surface area contributed by atoms with Crippen LogP contribution < -0.4 is 10.4 Å². The molecule has 3 rings (SSSR count). The first-order chi connectivity index (χ1) is 12.5. The lowest BCUT2D eigenvalue weighted by atomic mass is 10.2. The summed E-state index contributed by atoms with van der Waals surface area (Å²) in [5.41, 5.74) is 1.32. The van der Waals surface area contributed by atoms with E-state index >= 15 is 0 Å². The number of para-hydroxylation sites is 1. The zero-order chi connectivity index (χ0) is 18.7. The number of amides is 1. The molecule has 1 N–H and O–H groups in total. The summed E-state index contributed by atoms with van der Waals surface area (Å²) in [6.07, 6.45) is 0.915. The molecule has 3 aromatic rings. The summed E-state index contributed by atoms with van der Waals surface area (Å²) in [5, 5.41) is 2.35. The average molecular weight is 372 g/mol. The molecule has 0 aliphatic carbocycles. The molecule has 136 valence electrons. The Morgan fingerprint density at radius 3 is 2.81 bits per heavy atom. The molecule has 2 heterocycles. The third kappa shape index (κ3) is 3.91. The number of aromatic nitrogens is 3. The van der Waals surface area contributed by atoms with E-state index in [0.29, 0.717) is 36.1 Å². The van der Waals surface area contributed by atoms with Gasteiger partial charge in [0.15, 0.2) is 0 Å². The number of fused-ring (bicyclic) bond motifs is 1. The monoisotopic (exact) mass is 372 g/mol. The second-order valence-corrected chi connectivity index (χ2v) is 7.00. The largest absolute Gasteiger partial charge is 0.338 e. The fraction of sp³-hybridized carbons (Fsp3) is 0.333. The Morgan fingerprint density at radius 1 is 1.31 bits per heavy atom. The van der Waals surface area contributed by atoms with Crippen LogP contribution in [0.5, 0.6) is 0 Å². The Balaban J connectivity index is 1.61. The van der Waals surface area contributed by atoms with Gasteiger partial charge in [0, 0.05) is 31.1 Å². The van der Waals surface area contributed by atoms with Gasteiger partial charge in [-0.15, -0.1) is 0 Å². The predicted octanol–water partition coefficient (Wildman–Crippen LogP) is 1.89. The van der Waals surface area contributed by atoms with Crippen LogP contribution in [-0.2, 0) is 17.9 Å². The van der Waals surface area contributed by atoms with E-state index in [1.807, 2.05) is 18.4 Å². The minimum Gasteiger partial charge on any atom is -0.338 e. The molecule has 2 aromatic heterocycles. The molecule has 8 heteroatoms. The number of hydrogen-bond donors (Lipinski definition) is 1. The molecule has 1 aromatic carbocycles. The van der Waals surface area contributed by atoms with Gasteiger partial charge in [-0.25, -0.2) is 4.98 Å². The summed E-state index contributed by atoms with van der Waals surface area (Å²) >= 11 is 1.17. The number of aromatic amines is 1. The van der Waals surface area contributed by atoms with E-state index in [2.05, 4.69) is 9.97 Å². The summed E-state index contributed by atoms with van der Waals surface area (Å²) < 4.78 is 1.68. The van der Waals surface area contributed by atoms with E-state index in [1.54, 1.807) is 29.8 Å². The van der Waals surface area contributed by atoms with Crippen LogP contribution in [0.3, 0.4) is 0 Å². The number of rotatable bonds is 6. The van der Waals surface area contributed by atoms with Gasteiger partial charge in [-0.3, -0.25) is 14.4 Å². The van der Waals surface area contributed by atoms with Crippen molar-refractivity contribution in [2.24, 2.45) is 0 Å². The number of aryl methyl sites for hydroxylation is 1. The first-order valence-corrected chi connectivity index (χ1v) is 9.20. The quantitative estimate of drug-likeness (QED) is 0.716. The Labute approximate surface area is 153 Å². The highest BCUT2D eigenvalue weighted by molar-refractivity contribution is 7.07. The van der Waals surface area contributed by atoms with Gasteiger partial charge in [-0.05, 0) is 25.5 Å². The van der Waals surface area contributed by atoms with E-state index in [4.69, 9.17) is 0 Å². The van der Waals surface area contributed by atoms with Crippen LogP contribution in [0.15, 0.2) is 39.2 Å². The summed E-state index contributed by atoms with van der Waals surface area (Å²) in [5.74, 6) is 0.399. The Kier molecular flexibility index (Phi) is 5.32. The van der Waals surface area contributed by atoms with Crippen molar-refractivity contribution in [3.05, 3.63) is 61.2 Å². The first kappa shape index (κ1) is 18.1. The predicted molar refractivity (Wildman–Crippen MR) is 101 cm³/mol. The maximum Gasteiger partial charge on any atom is 0.307 e. The number of carbonyl (C=O) groups excluding carboxylic acids is 1. The van der Waals surface area contributed by atoms with Crippen LogP contribution in [0.1, 0.15) is 24.4 Å². The van der Waals surface area contributed by atoms with Crippen LogP contribution in [0.2, 0.25) is 0 Å². The van der Waals surface area contributed by atoms with Gasteiger partial charge in [-0.2, -0.15) is 0 Å². The molecule has 0 aliphatic heterocycles. The van der Waals surface area contributed by atoms with Gasteiger partial charge in [0.25, 0.3) is 5.56 Å². The minimum atomic E-state index is -0.209. The van der Waals surface area contributed by atoms with Crippen molar-refractivity contribution < 1.29 is 4.79 Å². The number of H-pyrrole nitrogens is 1. The number of nitrogens with zero attached hydrogens (tertiary/aromatic N) is 3. The zero-order valence-corrected chi connectivity index (χ0v) is 15.5. The Bertz CT molecular complexity index is 1050. The highest BCUT2D eigenvalue weighted by Crippen LogP contribution is 2.08. The van der Waals surface area contributed by atoms with E-state index < -0.39 is 0 Å². The summed E-state index contributed by atoms with van der Waals surface area (Å²) in [4.78, 5) is 44.8. The maximum absolute atomic E-state index is 12.3. The number of nitrogens with one attached hydrogen (secondary N) is 1. The number of carbonyl (C=O) groups is 1. The van der Waals surface area contributed by atoms with Gasteiger partial charge in [0.2, 0.25) is 5.91 Å². The van der Waals surface area contributed by atoms with Gasteiger partial charge in [-0.1, -0.05) is 23.5 Å². The normalized spacial score (nSPS) is 11.0. The van der Waals surface area contributed by atoms with E-state index in [0.717, 1.165) is 5.69 Å². The standard InChI is InChI=1S/C18H20N4O3S/c1-12-11-26-18(25)22(12)9-5-8-16(23)21(2)10-15-19-14-7-4-3-6-13(14)17(24)20-15/h3-4,6-7,11H,5,8-10H2,1-2H3,(H,19,20,24). The third-order valence-electron chi connectivity index (χ3n) is 4.22. The molecule has 0 spiro atoms. The van der Waals surface area contributed by atoms with E-state index in [9.17, 15) is 14.4 Å². The highest BCUT2D eigenvalue weighted by Gasteiger charge is 2.12. The highest BCUT2D eigenvalue weighted by atomic mass is 32.1. The van der Waals surface area contributed by atoms with Crippen molar-refractivity contribution in [3.63, 3.8) is 0 Å². The summed E-state index contributed by atoms with van der Waals surface area (Å²) in [6, 6.07) is 7.10. The molecule has 0 saturated carbocycles. The van der Waals surface area contributed by atoms with E-state index in [1.165, 1.54) is 16.2 Å². The lowest BCUT2D eigenvalue weighted by molar-refractivity contribution is -0.130. The minimum absolute atomic E-state index is 0.00115. The molecule has 0 unspecified atom stereocenters. The smallest absolute Gasteiger partial charge is 0.307 e. The molecule has 0 saturated heterocycles. The Hall–Kier alpha value is -2.74. The molecular weight excluding hydrogens is 352 g/mol. The van der Waals surface area contributed by atoms with Crippen molar-refractivity contribution in [2.75, 3.05) is 7.05 Å². The third-order valence-corrected chi connectivity index (χ3v) is 5.10. The molecular formula is C18H20N4O3S. The van der Waals surface area contributed by atoms with Crippen molar-refractivity contribution in [1.29, 1.82) is 0 Å². The molecule has 1 amide bonds. The summed E-state index contributed by atoms with van der Waals surface area (Å²) in [6.45, 7) is 2.64. The topological polar surface area (TPSA) is 88.1 Å². The number of hydrogen-bond acceptors (Lipinski definition) is 5.